The average Bonchev–Trinajstić information content (AvgIpc) is 2.66. The predicted molar refractivity (Wildman–Crippen MR) is 67.0 cm³/mol. The van der Waals surface area contributed by atoms with Crippen LogP contribution in [-0.2, 0) is 9.59 Å². The first-order valence-electron chi connectivity index (χ1n) is 5.82. The van der Waals surface area contributed by atoms with Crippen LogP contribution >= 0.6 is 0 Å². The zero-order valence-electron chi connectivity index (χ0n) is 10.4. The number of hydrogen-bond acceptors (Lipinski definition) is 4. The maximum absolute atomic E-state index is 11.7. The van der Waals surface area contributed by atoms with Crippen LogP contribution in [0.15, 0.2) is 36.2 Å². The number of imide groups is 1. The lowest BCUT2D eigenvalue weighted by Crippen LogP contribution is -2.38. The molecule has 1 N–H and O–H groups in total. The monoisotopic (exact) mass is 259 g/mol. The summed E-state index contributed by atoms with van der Waals surface area (Å²) in [7, 11) is 0. The number of carbonyl (C=O) groups is 3. The van der Waals surface area contributed by atoms with E-state index in [1.54, 1.807) is 19.1 Å². The third-order valence-electron chi connectivity index (χ3n) is 2.75. The predicted octanol–water partition coefficient (Wildman–Crippen LogP) is 0.126. The van der Waals surface area contributed by atoms with Crippen molar-refractivity contribution in [2.24, 2.45) is 0 Å². The van der Waals surface area contributed by atoms with E-state index in [-0.39, 0.29) is 30.8 Å². The third-order valence-corrected chi connectivity index (χ3v) is 2.75. The van der Waals surface area contributed by atoms with Crippen molar-refractivity contribution in [2.45, 2.75) is 6.92 Å². The van der Waals surface area contributed by atoms with Gasteiger partial charge in [0.1, 0.15) is 0 Å². The van der Waals surface area contributed by atoms with Gasteiger partial charge in [-0.05, 0) is 19.1 Å². The highest BCUT2D eigenvalue weighted by Crippen LogP contribution is 2.10. The zero-order valence-corrected chi connectivity index (χ0v) is 10.4. The van der Waals surface area contributed by atoms with E-state index in [9.17, 15) is 14.4 Å². The molecule has 2 rings (SSSR count). The lowest BCUT2D eigenvalue weighted by Gasteiger charge is -2.14. The van der Waals surface area contributed by atoms with Gasteiger partial charge in [0, 0.05) is 42.7 Å². The number of rotatable bonds is 4. The van der Waals surface area contributed by atoms with Gasteiger partial charge in [0.2, 0.25) is 0 Å². The molecule has 6 nitrogen and oxygen atoms in total. The lowest BCUT2D eigenvalue weighted by molar-refractivity contribution is -0.137. The largest absolute Gasteiger partial charge is 0.350 e. The summed E-state index contributed by atoms with van der Waals surface area (Å²) in [5, 5.41) is 2.65. The van der Waals surface area contributed by atoms with Gasteiger partial charge in [-0.1, -0.05) is 0 Å². The van der Waals surface area contributed by atoms with Crippen molar-refractivity contribution in [2.75, 3.05) is 13.1 Å². The Bertz CT molecular complexity index is 552. The number of aromatic nitrogens is 1. The van der Waals surface area contributed by atoms with Gasteiger partial charge in [0.05, 0.1) is 0 Å². The minimum absolute atomic E-state index is 0.169. The first kappa shape index (κ1) is 12.9. The van der Waals surface area contributed by atoms with E-state index in [1.807, 2.05) is 0 Å². The van der Waals surface area contributed by atoms with Crippen LogP contribution in [0.1, 0.15) is 17.3 Å². The number of nitrogens with zero attached hydrogens (tertiary/aromatic N) is 2. The molecular formula is C13H13N3O3. The van der Waals surface area contributed by atoms with Crippen LogP contribution in [0, 0.1) is 0 Å². The summed E-state index contributed by atoms with van der Waals surface area (Å²) in [6.45, 7) is 1.98. The van der Waals surface area contributed by atoms with Crippen molar-refractivity contribution < 1.29 is 14.4 Å². The molecule has 1 aromatic heterocycles. The van der Waals surface area contributed by atoms with Crippen molar-refractivity contribution in [3.05, 3.63) is 41.7 Å². The topological polar surface area (TPSA) is 79.4 Å². The van der Waals surface area contributed by atoms with Crippen molar-refractivity contribution >= 4 is 17.7 Å². The van der Waals surface area contributed by atoms with Crippen LogP contribution in [0.3, 0.4) is 0 Å². The average molecular weight is 259 g/mol. The Morgan fingerprint density at radius 1 is 1.32 bits per heavy atom. The SMILES string of the molecule is CC1=CC(=O)N(CCNC(=O)c2ccncc2)C1=O. The lowest BCUT2D eigenvalue weighted by atomic mass is 10.2. The number of amides is 3. The molecule has 0 aromatic carbocycles. The van der Waals surface area contributed by atoms with Crippen molar-refractivity contribution in [1.29, 1.82) is 0 Å². The molecule has 0 unspecified atom stereocenters. The standard InChI is InChI=1S/C13H13N3O3/c1-9-8-11(17)16(13(9)19)7-6-15-12(18)10-2-4-14-5-3-10/h2-5,8H,6-7H2,1H3,(H,15,18). The Labute approximate surface area is 110 Å². The highest BCUT2D eigenvalue weighted by Gasteiger charge is 2.27. The molecule has 0 bridgehead atoms. The molecule has 19 heavy (non-hydrogen) atoms. The van der Waals surface area contributed by atoms with Crippen LogP contribution in [0.2, 0.25) is 0 Å². The molecule has 0 radical (unpaired) electrons. The zero-order chi connectivity index (χ0) is 13.8. The second-order valence-corrected chi connectivity index (χ2v) is 4.11. The van der Waals surface area contributed by atoms with E-state index in [2.05, 4.69) is 10.3 Å². The Morgan fingerprint density at radius 3 is 2.58 bits per heavy atom. The molecular weight excluding hydrogens is 246 g/mol. The highest BCUT2D eigenvalue weighted by molar-refractivity contribution is 6.15. The quantitative estimate of drug-likeness (QED) is 0.779. The van der Waals surface area contributed by atoms with E-state index in [0.29, 0.717) is 11.1 Å². The van der Waals surface area contributed by atoms with Crippen molar-refractivity contribution in [3.63, 3.8) is 0 Å². The summed E-state index contributed by atoms with van der Waals surface area (Å²) in [6, 6.07) is 3.18. The number of carbonyl (C=O) groups excluding carboxylic acids is 3. The van der Waals surface area contributed by atoms with Gasteiger partial charge >= 0.3 is 0 Å². The third kappa shape index (κ3) is 2.85. The summed E-state index contributed by atoms with van der Waals surface area (Å²) in [4.78, 5) is 39.7. The van der Waals surface area contributed by atoms with Crippen LogP contribution in [-0.4, -0.2) is 40.7 Å². The van der Waals surface area contributed by atoms with Gasteiger partial charge in [-0.15, -0.1) is 0 Å². The van der Waals surface area contributed by atoms with Gasteiger partial charge in [-0.25, -0.2) is 0 Å². The molecule has 98 valence electrons. The normalized spacial score (nSPS) is 14.6. The van der Waals surface area contributed by atoms with Gasteiger partial charge in [-0.3, -0.25) is 24.3 Å². The van der Waals surface area contributed by atoms with E-state index in [1.165, 1.54) is 18.5 Å². The fraction of sp³-hybridized carbons (Fsp3) is 0.231. The molecule has 3 amide bonds. The number of nitrogens with one attached hydrogen (secondary N) is 1. The number of hydrogen-bond donors (Lipinski definition) is 1. The van der Waals surface area contributed by atoms with E-state index in [4.69, 9.17) is 0 Å². The summed E-state index contributed by atoms with van der Waals surface area (Å²) in [5.41, 5.74) is 0.911. The fourth-order valence-electron chi connectivity index (χ4n) is 1.74. The maximum atomic E-state index is 11.7. The summed E-state index contributed by atoms with van der Waals surface area (Å²) in [6.07, 6.45) is 4.35. The second-order valence-electron chi connectivity index (χ2n) is 4.11. The summed E-state index contributed by atoms with van der Waals surface area (Å²) in [5.74, 6) is -0.894. The maximum Gasteiger partial charge on any atom is 0.256 e. The van der Waals surface area contributed by atoms with Crippen molar-refractivity contribution in [1.82, 2.24) is 15.2 Å². The Balaban J connectivity index is 1.84. The fourth-order valence-corrected chi connectivity index (χ4v) is 1.74. The molecule has 6 heteroatoms. The highest BCUT2D eigenvalue weighted by atomic mass is 16.2. The van der Waals surface area contributed by atoms with Gasteiger partial charge in [0.25, 0.3) is 17.7 Å². The molecule has 0 saturated heterocycles. The Morgan fingerprint density at radius 2 is 2.00 bits per heavy atom. The molecule has 2 heterocycles. The van der Waals surface area contributed by atoms with E-state index in [0.717, 1.165) is 4.90 Å². The van der Waals surface area contributed by atoms with Gasteiger partial charge in [-0.2, -0.15) is 0 Å². The second kappa shape index (κ2) is 5.43. The molecule has 0 spiro atoms. The van der Waals surface area contributed by atoms with Crippen LogP contribution in [0.4, 0.5) is 0 Å². The van der Waals surface area contributed by atoms with Crippen LogP contribution < -0.4 is 5.32 Å². The molecule has 1 aromatic rings. The molecule has 0 atom stereocenters. The first-order valence-corrected chi connectivity index (χ1v) is 5.82. The first-order chi connectivity index (χ1) is 9.09. The van der Waals surface area contributed by atoms with Crippen LogP contribution in [0.25, 0.3) is 0 Å². The van der Waals surface area contributed by atoms with Gasteiger partial charge in [0.15, 0.2) is 0 Å². The Hall–Kier alpha value is -2.50. The Kier molecular flexibility index (Phi) is 3.70. The van der Waals surface area contributed by atoms with E-state index >= 15 is 0 Å². The molecule has 1 aliphatic heterocycles. The molecule has 0 saturated carbocycles. The molecule has 0 aliphatic carbocycles. The number of pyridine rings is 1. The minimum Gasteiger partial charge on any atom is -0.350 e. The van der Waals surface area contributed by atoms with Crippen molar-refractivity contribution in [3.8, 4) is 0 Å². The van der Waals surface area contributed by atoms with Crippen LogP contribution in [0.5, 0.6) is 0 Å². The molecule has 1 aliphatic rings. The minimum atomic E-state index is -0.333. The summed E-state index contributed by atoms with van der Waals surface area (Å²) < 4.78 is 0. The van der Waals surface area contributed by atoms with Gasteiger partial charge < -0.3 is 5.32 Å². The molecule has 0 fully saturated rings. The smallest absolute Gasteiger partial charge is 0.256 e. The summed E-state index contributed by atoms with van der Waals surface area (Å²) >= 11 is 0. The van der Waals surface area contributed by atoms with E-state index < -0.39 is 0 Å².